The number of carbonyl (C=O) groups excluding carboxylic acids is 3. The lowest BCUT2D eigenvalue weighted by atomic mass is 10.2. The monoisotopic (exact) mass is 292 g/mol. The van der Waals surface area contributed by atoms with Crippen LogP contribution < -0.4 is 10.9 Å². The van der Waals surface area contributed by atoms with Crippen LogP contribution in [0.25, 0.3) is 0 Å². The quantitative estimate of drug-likeness (QED) is 0.668. The Kier molecular flexibility index (Phi) is 3.99. The lowest BCUT2D eigenvalue weighted by Gasteiger charge is -2.05. The molecule has 7 heteroatoms. The molecule has 0 aliphatic rings. The van der Waals surface area contributed by atoms with Crippen molar-refractivity contribution in [3.8, 4) is 0 Å². The van der Waals surface area contributed by atoms with Crippen LogP contribution in [-0.4, -0.2) is 17.6 Å². The average Bonchev–Trinajstić information content (AvgIpc) is 3.04. The van der Waals surface area contributed by atoms with Crippen LogP contribution in [0.15, 0.2) is 28.9 Å². The van der Waals surface area contributed by atoms with Crippen molar-refractivity contribution >= 4 is 28.9 Å². The van der Waals surface area contributed by atoms with Crippen LogP contribution in [-0.2, 0) is 0 Å². The predicted octanol–water partition coefficient (Wildman–Crippen LogP) is 1.93. The zero-order valence-electron chi connectivity index (χ0n) is 10.9. The molecule has 2 rings (SSSR count). The molecule has 0 saturated heterocycles. The van der Waals surface area contributed by atoms with Crippen molar-refractivity contribution in [2.24, 2.45) is 0 Å². The second kappa shape index (κ2) is 5.70. The van der Waals surface area contributed by atoms with Gasteiger partial charge in [0.05, 0.1) is 21.6 Å². The molecular weight excluding hydrogens is 280 g/mol. The van der Waals surface area contributed by atoms with Crippen molar-refractivity contribution < 1.29 is 18.8 Å². The Morgan fingerprint density at radius 2 is 1.70 bits per heavy atom. The Labute approximate surface area is 118 Å². The number of aryl methyl sites for hydroxylation is 1. The van der Waals surface area contributed by atoms with Gasteiger partial charge in [0.15, 0.2) is 5.78 Å². The molecule has 0 unspecified atom stereocenters. The molecule has 0 saturated carbocycles. The first kappa shape index (κ1) is 14.0. The van der Waals surface area contributed by atoms with Gasteiger partial charge < -0.3 is 4.42 Å². The number of hydrazine groups is 1. The third-order valence-electron chi connectivity index (χ3n) is 2.57. The molecule has 0 atom stereocenters. The Hall–Kier alpha value is -2.41. The summed E-state index contributed by atoms with van der Waals surface area (Å²) in [6.07, 6.45) is 1.39. The second-order valence-corrected chi connectivity index (χ2v) is 5.10. The van der Waals surface area contributed by atoms with E-state index in [9.17, 15) is 14.4 Å². The van der Waals surface area contributed by atoms with Gasteiger partial charge >= 0.3 is 0 Å². The van der Waals surface area contributed by atoms with Crippen molar-refractivity contribution in [3.63, 3.8) is 0 Å². The van der Waals surface area contributed by atoms with Crippen molar-refractivity contribution in [2.75, 3.05) is 0 Å². The number of nitrogens with one attached hydrogen (secondary N) is 2. The summed E-state index contributed by atoms with van der Waals surface area (Å²) < 4.78 is 5.00. The molecule has 2 aromatic rings. The van der Waals surface area contributed by atoms with Gasteiger partial charge in [-0.25, -0.2) is 0 Å². The normalized spacial score (nSPS) is 10.1. The smallest absolute Gasteiger partial charge is 0.279 e. The maximum Gasteiger partial charge on any atom is 0.279 e. The van der Waals surface area contributed by atoms with E-state index >= 15 is 0 Å². The maximum absolute atomic E-state index is 11.8. The third kappa shape index (κ3) is 2.94. The minimum atomic E-state index is -0.475. The Balaban J connectivity index is 1.96. The minimum Gasteiger partial charge on any atom is -0.469 e. The standard InChI is InChI=1S/C13H12N2O4S/c1-7(16)10-3-4-11(20-10)13(18)15-14-12(17)9-5-6-19-8(9)2/h3-6H,1-2H3,(H,14,17)(H,15,18). The van der Waals surface area contributed by atoms with Gasteiger partial charge in [0, 0.05) is 0 Å². The van der Waals surface area contributed by atoms with Crippen LogP contribution in [0.3, 0.4) is 0 Å². The summed E-state index contributed by atoms with van der Waals surface area (Å²) in [5, 5.41) is 0. The molecule has 2 aromatic heterocycles. The molecule has 104 valence electrons. The minimum absolute atomic E-state index is 0.105. The van der Waals surface area contributed by atoms with Crippen LogP contribution in [0.2, 0.25) is 0 Å². The first-order chi connectivity index (χ1) is 9.49. The number of Topliss-reactive ketones (excluding diaryl/α,β-unsaturated/α-hetero) is 1. The fourth-order valence-electron chi connectivity index (χ4n) is 1.51. The summed E-state index contributed by atoms with van der Waals surface area (Å²) in [4.78, 5) is 35.5. The van der Waals surface area contributed by atoms with Crippen LogP contribution in [0.4, 0.5) is 0 Å². The molecule has 0 aliphatic carbocycles. The number of thiophene rings is 1. The van der Waals surface area contributed by atoms with Crippen LogP contribution in [0.5, 0.6) is 0 Å². The highest BCUT2D eigenvalue weighted by molar-refractivity contribution is 7.15. The van der Waals surface area contributed by atoms with E-state index in [-0.39, 0.29) is 5.78 Å². The van der Waals surface area contributed by atoms with Gasteiger partial charge in [0.1, 0.15) is 5.76 Å². The molecule has 6 nitrogen and oxygen atoms in total. The zero-order chi connectivity index (χ0) is 14.7. The zero-order valence-corrected chi connectivity index (χ0v) is 11.7. The van der Waals surface area contributed by atoms with Gasteiger partial charge in [-0.3, -0.25) is 25.2 Å². The number of hydrogen-bond donors (Lipinski definition) is 2. The van der Waals surface area contributed by atoms with Gasteiger partial charge in [0.25, 0.3) is 11.8 Å². The fraction of sp³-hybridized carbons (Fsp3) is 0.154. The molecule has 2 heterocycles. The van der Waals surface area contributed by atoms with Crippen molar-refractivity contribution in [3.05, 3.63) is 45.5 Å². The second-order valence-electron chi connectivity index (χ2n) is 4.02. The van der Waals surface area contributed by atoms with E-state index in [4.69, 9.17) is 4.42 Å². The molecular formula is C13H12N2O4S. The van der Waals surface area contributed by atoms with E-state index in [1.165, 1.54) is 25.3 Å². The fourth-order valence-corrected chi connectivity index (χ4v) is 2.31. The lowest BCUT2D eigenvalue weighted by molar-refractivity contribution is 0.0848. The maximum atomic E-state index is 11.8. The number of furan rings is 1. The summed E-state index contributed by atoms with van der Waals surface area (Å²) >= 11 is 1.07. The summed E-state index contributed by atoms with van der Waals surface area (Å²) in [5.41, 5.74) is 4.92. The molecule has 0 radical (unpaired) electrons. The summed E-state index contributed by atoms with van der Waals surface area (Å²) in [6, 6.07) is 4.62. The highest BCUT2D eigenvalue weighted by Crippen LogP contribution is 2.16. The number of rotatable bonds is 3. The molecule has 0 bridgehead atoms. The Morgan fingerprint density at radius 1 is 1.05 bits per heavy atom. The molecule has 20 heavy (non-hydrogen) atoms. The molecule has 0 aliphatic heterocycles. The van der Waals surface area contributed by atoms with Crippen molar-refractivity contribution in [1.82, 2.24) is 10.9 Å². The van der Waals surface area contributed by atoms with Gasteiger partial charge in [-0.15, -0.1) is 11.3 Å². The van der Waals surface area contributed by atoms with Crippen LogP contribution in [0, 0.1) is 6.92 Å². The highest BCUT2D eigenvalue weighted by atomic mass is 32.1. The third-order valence-corrected chi connectivity index (χ3v) is 3.75. The first-order valence-electron chi connectivity index (χ1n) is 5.74. The molecule has 2 amide bonds. The van der Waals surface area contributed by atoms with E-state index in [1.54, 1.807) is 13.0 Å². The van der Waals surface area contributed by atoms with Crippen molar-refractivity contribution in [2.45, 2.75) is 13.8 Å². The van der Waals surface area contributed by atoms with Crippen LogP contribution >= 0.6 is 11.3 Å². The van der Waals surface area contributed by atoms with E-state index in [2.05, 4.69) is 10.9 Å². The predicted molar refractivity (Wildman–Crippen MR) is 72.7 cm³/mol. The SMILES string of the molecule is CC(=O)c1ccc(C(=O)NNC(=O)c2ccoc2C)s1. The average molecular weight is 292 g/mol. The summed E-state index contributed by atoms with van der Waals surface area (Å²) in [7, 11) is 0. The molecule has 2 N–H and O–H groups in total. The van der Waals surface area contributed by atoms with Gasteiger partial charge in [-0.1, -0.05) is 0 Å². The highest BCUT2D eigenvalue weighted by Gasteiger charge is 2.14. The van der Waals surface area contributed by atoms with Gasteiger partial charge in [-0.2, -0.15) is 0 Å². The first-order valence-corrected chi connectivity index (χ1v) is 6.56. The molecule has 0 aromatic carbocycles. The summed E-state index contributed by atoms with van der Waals surface area (Å²) in [6.45, 7) is 3.08. The van der Waals surface area contributed by atoms with Crippen LogP contribution in [0.1, 0.15) is 42.4 Å². The van der Waals surface area contributed by atoms with Gasteiger partial charge in [0.2, 0.25) is 0 Å². The lowest BCUT2D eigenvalue weighted by Crippen LogP contribution is -2.41. The number of ketones is 1. The number of carbonyl (C=O) groups is 3. The molecule has 0 fully saturated rings. The van der Waals surface area contributed by atoms with E-state index < -0.39 is 11.8 Å². The largest absolute Gasteiger partial charge is 0.469 e. The Morgan fingerprint density at radius 3 is 2.25 bits per heavy atom. The topological polar surface area (TPSA) is 88.4 Å². The summed E-state index contributed by atoms with van der Waals surface area (Å²) in [5.74, 6) is -0.580. The van der Waals surface area contributed by atoms with Gasteiger partial charge in [-0.05, 0) is 32.0 Å². The molecule has 0 spiro atoms. The Bertz CT molecular complexity index is 671. The van der Waals surface area contributed by atoms with Crippen molar-refractivity contribution in [1.29, 1.82) is 0 Å². The number of amides is 2. The number of hydrogen-bond acceptors (Lipinski definition) is 5. The van der Waals surface area contributed by atoms with E-state index in [0.717, 1.165) is 11.3 Å². The van der Waals surface area contributed by atoms with E-state index in [0.29, 0.717) is 21.1 Å². The van der Waals surface area contributed by atoms with E-state index in [1.807, 2.05) is 0 Å².